The number of carbonyl (C=O) groups excluding carboxylic acids is 1. The minimum Gasteiger partial charge on any atom is -0.339 e. The average Bonchev–Trinajstić information content (AvgIpc) is 3.15. The lowest BCUT2D eigenvalue weighted by Gasteiger charge is -2.25. The van der Waals surface area contributed by atoms with E-state index >= 15 is 0 Å². The van der Waals surface area contributed by atoms with Crippen molar-refractivity contribution in [3.05, 3.63) is 52.8 Å². The first-order valence-electron chi connectivity index (χ1n) is 9.82. The van der Waals surface area contributed by atoms with Crippen LogP contribution in [0.4, 0.5) is 0 Å². The van der Waals surface area contributed by atoms with Crippen LogP contribution in [0.25, 0.3) is 0 Å². The third kappa shape index (κ3) is 4.17. The molecule has 1 saturated heterocycles. The van der Waals surface area contributed by atoms with Crippen molar-refractivity contribution < 1.29 is 4.79 Å². The minimum atomic E-state index is 0.249. The summed E-state index contributed by atoms with van der Waals surface area (Å²) >= 11 is 0. The fourth-order valence-corrected chi connectivity index (χ4v) is 4.03. The van der Waals surface area contributed by atoms with Gasteiger partial charge in [-0.2, -0.15) is 5.10 Å². The first-order valence-corrected chi connectivity index (χ1v) is 9.82. The third-order valence-electron chi connectivity index (χ3n) is 5.41. The number of amides is 1. The normalized spacial score (nSPS) is 17.3. The van der Waals surface area contributed by atoms with E-state index in [0.717, 1.165) is 49.3 Å². The number of aromatic nitrogens is 2. The molecule has 0 N–H and O–H groups in total. The van der Waals surface area contributed by atoms with Crippen LogP contribution in [0.2, 0.25) is 0 Å². The van der Waals surface area contributed by atoms with E-state index in [4.69, 9.17) is 0 Å². The Morgan fingerprint density at radius 1 is 1.23 bits per heavy atom. The number of nitrogens with zero attached hydrogens (tertiary/aromatic N) is 3. The highest BCUT2D eigenvalue weighted by atomic mass is 16.2. The molecule has 1 atom stereocenters. The summed E-state index contributed by atoms with van der Waals surface area (Å²) in [7, 11) is 0. The molecule has 4 heteroatoms. The summed E-state index contributed by atoms with van der Waals surface area (Å²) in [6.07, 6.45) is 3.64. The topological polar surface area (TPSA) is 38.1 Å². The number of hydrogen-bond donors (Lipinski definition) is 0. The molecule has 1 aromatic heterocycles. The first-order chi connectivity index (χ1) is 12.5. The largest absolute Gasteiger partial charge is 0.339 e. The van der Waals surface area contributed by atoms with Crippen molar-refractivity contribution in [2.24, 2.45) is 5.92 Å². The molecule has 1 fully saturated rings. The average molecular weight is 354 g/mol. The zero-order chi connectivity index (χ0) is 18.7. The minimum absolute atomic E-state index is 0.249. The van der Waals surface area contributed by atoms with Gasteiger partial charge in [0.25, 0.3) is 0 Å². The smallest absolute Gasteiger partial charge is 0.227 e. The molecular weight excluding hydrogens is 322 g/mol. The molecule has 1 aliphatic rings. The van der Waals surface area contributed by atoms with Crippen LogP contribution in [0, 0.1) is 19.8 Å². The van der Waals surface area contributed by atoms with Crippen molar-refractivity contribution in [1.29, 1.82) is 0 Å². The summed E-state index contributed by atoms with van der Waals surface area (Å²) in [5.41, 5.74) is 4.56. The molecule has 1 aromatic carbocycles. The predicted octanol–water partition coefficient (Wildman–Crippen LogP) is 3.93. The Labute approximate surface area is 157 Å². The standard InChI is InChI=1S/C22H31N3O/c1-16(2)15-25-18(4)21(17(3)23-25)14-22(26)24-12-8-11-20(24)13-19-9-6-5-7-10-19/h5-7,9-10,16,20H,8,11-15H2,1-4H3. The third-order valence-corrected chi connectivity index (χ3v) is 5.41. The van der Waals surface area contributed by atoms with E-state index in [9.17, 15) is 4.79 Å². The molecule has 2 aromatic rings. The molecule has 2 heterocycles. The monoisotopic (exact) mass is 353 g/mol. The molecule has 0 bridgehead atoms. The quantitative estimate of drug-likeness (QED) is 0.789. The number of carbonyl (C=O) groups is 1. The van der Waals surface area contributed by atoms with Gasteiger partial charge in [-0.1, -0.05) is 44.2 Å². The summed E-state index contributed by atoms with van der Waals surface area (Å²) < 4.78 is 2.06. The van der Waals surface area contributed by atoms with Crippen LogP contribution in [-0.4, -0.2) is 33.2 Å². The fraction of sp³-hybridized carbons (Fsp3) is 0.545. The zero-order valence-electron chi connectivity index (χ0n) is 16.5. The summed E-state index contributed by atoms with van der Waals surface area (Å²) in [5, 5.41) is 4.66. The number of benzene rings is 1. The first kappa shape index (κ1) is 18.7. The van der Waals surface area contributed by atoms with Gasteiger partial charge in [-0.05, 0) is 44.6 Å². The Kier molecular flexibility index (Phi) is 5.80. The Morgan fingerprint density at radius 2 is 1.96 bits per heavy atom. The Hall–Kier alpha value is -2.10. The molecule has 1 amide bonds. The van der Waals surface area contributed by atoms with Crippen LogP contribution in [0.1, 0.15) is 49.2 Å². The molecule has 0 radical (unpaired) electrons. The molecule has 140 valence electrons. The van der Waals surface area contributed by atoms with Gasteiger partial charge in [-0.3, -0.25) is 9.48 Å². The number of aryl methyl sites for hydroxylation is 1. The fourth-order valence-electron chi connectivity index (χ4n) is 4.03. The van der Waals surface area contributed by atoms with Crippen LogP contribution in [0.3, 0.4) is 0 Å². The van der Waals surface area contributed by atoms with E-state index in [0.29, 0.717) is 18.4 Å². The number of likely N-dealkylation sites (tertiary alicyclic amines) is 1. The molecule has 0 saturated carbocycles. The van der Waals surface area contributed by atoms with Crippen molar-refractivity contribution >= 4 is 5.91 Å². The van der Waals surface area contributed by atoms with Crippen molar-refractivity contribution in [1.82, 2.24) is 14.7 Å². The molecular formula is C22H31N3O. The molecule has 1 unspecified atom stereocenters. The van der Waals surface area contributed by atoms with Crippen molar-refractivity contribution in [3.8, 4) is 0 Å². The van der Waals surface area contributed by atoms with Crippen LogP contribution in [-0.2, 0) is 24.2 Å². The van der Waals surface area contributed by atoms with E-state index < -0.39 is 0 Å². The molecule has 0 aliphatic carbocycles. The van der Waals surface area contributed by atoms with Gasteiger partial charge < -0.3 is 4.90 Å². The molecule has 26 heavy (non-hydrogen) atoms. The van der Waals surface area contributed by atoms with Crippen molar-refractivity contribution in [2.75, 3.05) is 6.54 Å². The lowest BCUT2D eigenvalue weighted by molar-refractivity contribution is -0.131. The van der Waals surface area contributed by atoms with E-state index in [1.165, 1.54) is 5.56 Å². The summed E-state index contributed by atoms with van der Waals surface area (Å²) in [4.78, 5) is 15.1. The highest BCUT2D eigenvalue weighted by Crippen LogP contribution is 2.24. The number of rotatable bonds is 6. The second-order valence-electron chi connectivity index (χ2n) is 7.98. The van der Waals surface area contributed by atoms with Gasteiger partial charge in [0.2, 0.25) is 5.91 Å². The van der Waals surface area contributed by atoms with Crippen LogP contribution >= 0.6 is 0 Å². The molecule has 4 nitrogen and oxygen atoms in total. The van der Waals surface area contributed by atoms with E-state index in [1.807, 2.05) is 13.0 Å². The van der Waals surface area contributed by atoms with Gasteiger partial charge >= 0.3 is 0 Å². The Morgan fingerprint density at radius 3 is 2.65 bits per heavy atom. The maximum Gasteiger partial charge on any atom is 0.227 e. The Balaban J connectivity index is 1.70. The molecule has 1 aliphatic heterocycles. The maximum absolute atomic E-state index is 13.0. The lowest BCUT2D eigenvalue weighted by Crippen LogP contribution is -2.38. The van der Waals surface area contributed by atoms with Gasteiger partial charge in [0.15, 0.2) is 0 Å². The number of hydrogen-bond acceptors (Lipinski definition) is 2. The van der Waals surface area contributed by atoms with Crippen molar-refractivity contribution in [3.63, 3.8) is 0 Å². The van der Waals surface area contributed by atoms with Crippen LogP contribution in [0.15, 0.2) is 30.3 Å². The zero-order valence-corrected chi connectivity index (χ0v) is 16.5. The highest BCUT2D eigenvalue weighted by Gasteiger charge is 2.29. The van der Waals surface area contributed by atoms with Crippen LogP contribution < -0.4 is 0 Å². The summed E-state index contributed by atoms with van der Waals surface area (Å²) in [6.45, 7) is 10.3. The van der Waals surface area contributed by atoms with Gasteiger partial charge in [0.05, 0.1) is 12.1 Å². The van der Waals surface area contributed by atoms with E-state index in [-0.39, 0.29) is 5.91 Å². The van der Waals surface area contributed by atoms with Gasteiger partial charge in [-0.15, -0.1) is 0 Å². The summed E-state index contributed by atoms with van der Waals surface area (Å²) in [5.74, 6) is 0.795. The lowest BCUT2D eigenvalue weighted by atomic mass is 10.0. The van der Waals surface area contributed by atoms with Crippen LogP contribution in [0.5, 0.6) is 0 Å². The van der Waals surface area contributed by atoms with Crippen molar-refractivity contribution in [2.45, 2.75) is 66.0 Å². The second kappa shape index (κ2) is 8.07. The van der Waals surface area contributed by atoms with Gasteiger partial charge in [-0.25, -0.2) is 0 Å². The second-order valence-corrected chi connectivity index (χ2v) is 7.98. The molecule has 0 spiro atoms. The molecule has 3 rings (SSSR count). The predicted molar refractivity (Wildman–Crippen MR) is 105 cm³/mol. The Bertz CT molecular complexity index is 748. The summed E-state index contributed by atoms with van der Waals surface area (Å²) in [6, 6.07) is 10.8. The SMILES string of the molecule is Cc1nn(CC(C)C)c(C)c1CC(=O)N1CCCC1Cc1ccccc1. The van der Waals surface area contributed by atoms with Gasteiger partial charge in [0, 0.05) is 30.4 Å². The van der Waals surface area contributed by atoms with Gasteiger partial charge in [0.1, 0.15) is 0 Å². The van der Waals surface area contributed by atoms with E-state index in [1.54, 1.807) is 0 Å². The van der Waals surface area contributed by atoms with E-state index in [2.05, 4.69) is 59.7 Å². The maximum atomic E-state index is 13.0. The highest BCUT2D eigenvalue weighted by molar-refractivity contribution is 5.80.